The lowest BCUT2D eigenvalue weighted by atomic mass is 10.1. The first-order valence-electron chi connectivity index (χ1n) is 6.47. The summed E-state index contributed by atoms with van der Waals surface area (Å²) in [7, 11) is 0. The lowest BCUT2D eigenvalue weighted by Gasteiger charge is -2.11. The highest BCUT2D eigenvalue weighted by Gasteiger charge is 2.27. The molecule has 2 heterocycles. The van der Waals surface area contributed by atoms with Crippen LogP contribution < -0.4 is 5.56 Å². The first kappa shape index (κ1) is 13.1. The van der Waals surface area contributed by atoms with Crippen LogP contribution in [0.25, 0.3) is 11.4 Å². The average Bonchev–Trinajstić information content (AvgIpc) is 2.80. The van der Waals surface area contributed by atoms with Crippen molar-refractivity contribution in [1.82, 2.24) is 9.55 Å². The zero-order valence-electron chi connectivity index (χ0n) is 11.3. The molecule has 0 saturated carbocycles. The van der Waals surface area contributed by atoms with Gasteiger partial charge in [-0.2, -0.15) is 0 Å². The molecule has 4 nitrogen and oxygen atoms in total. The van der Waals surface area contributed by atoms with Gasteiger partial charge in [0.1, 0.15) is 5.03 Å². The number of hydrogen-bond donors (Lipinski definition) is 0. The van der Waals surface area contributed by atoms with Crippen molar-refractivity contribution in [2.45, 2.75) is 30.5 Å². The molecule has 0 aliphatic carbocycles. The molecule has 20 heavy (non-hydrogen) atoms. The van der Waals surface area contributed by atoms with E-state index in [4.69, 9.17) is 0 Å². The fraction of sp³-hybridized carbons (Fsp3) is 0.267. The maximum absolute atomic E-state index is 12.5. The van der Waals surface area contributed by atoms with E-state index in [0.29, 0.717) is 23.1 Å². The van der Waals surface area contributed by atoms with Crippen LogP contribution in [0.5, 0.6) is 0 Å². The molecule has 0 spiro atoms. The van der Waals surface area contributed by atoms with Gasteiger partial charge < -0.3 is 0 Å². The third-order valence-corrected chi connectivity index (χ3v) is 4.42. The summed E-state index contributed by atoms with van der Waals surface area (Å²) in [5, 5.41) is 1.09. The van der Waals surface area contributed by atoms with E-state index >= 15 is 0 Å². The molecule has 0 fully saturated rings. The van der Waals surface area contributed by atoms with Gasteiger partial charge in [-0.1, -0.05) is 37.3 Å². The highest BCUT2D eigenvalue weighted by molar-refractivity contribution is 8.00. The summed E-state index contributed by atoms with van der Waals surface area (Å²) in [5.41, 5.74) is 1.22. The third kappa shape index (κ3) is 2.08. The fourth-order valence-electron chi connectivity index (χ4n) is 2.40. The molecule has 5 heteroatoms. The molecule has 1 aliphatic heterocycles. The Balaban J connectivity index is 2.30. The van der Waals surface area contributed by atoms with Gasteiger partial charge >= 0.3 is 0 Å². The predicted molar refractivity (Wildman–Crippen MR) is 79.3 cm³/mol. The van der Waals surface area contributed by atoms with Gasteiger partial charge in [0.05, 0.1) is 5.56 Å². The van der Waals surface area contributed by atoms with Crippen LogP contribution in [-0.4, -0.2) is 20.7 Å². The van der Waals surface area contributed by atoms with Crippen molar-refractivity contribution in [3.8, 4) is 11.4 Å². The van der Waals surface area contributed by atoms with Gasteiger partial charge in [-0.15, -0.1) is 11.8 Å². The van der Waals surface area contributed by atoms with E-state index in [0.717, 1.165) is 10.6 Å². The zero-order chi connectivity index (χ0) is 14.3. The molecular formula is C15H14N2O2S. The Bertz CT molecular complexity index is 738. The minimum atomic E-state index is -0.297. The monoisotopic (exact) mass is 286 g/mol. The van der Waals surface area contributed by atoms with Gasteiger partial charge in [0.15, 0.2) is 5.82 Å². The van der Waals surface area contributed by atoms with Gasteiger partial charge in [0.2, 0.25) is 5.91 Å². The van der Waals surface area contributed by atoms with E-state index in [9.17, 15) is 9.59 Å². The quantitative estimate of drug-likeness (QED) is 0.756. The van der Waals surface area contributed by atoms with Crippen molar-refractivity contribution >= 4 is 17.7 Å². The van der Waals surface area contributed by atoms with Crippen LogP contribution in [0.3, 0.4) is 0 Å². The van der Waals surface area contributed by atoms with Crippen molar-refractivity contribution < 1.29 is 4.79 Å². The van der Waals surface area contributed by atoms with Crippen molar-refractivity contribution in [3.05, 3.63) is 46.2 Å². The maximum Gasteiger partial charge on any atom is 0.264 e. The highest BCUT2D eigenvalue weighted by atomic mass is 32.2. The summed E-state index contributed by atoms with van der Waals surface area (Å²) in [6.45, 7) is 3.46. The molecule has 0 bridgehead atoms. The topological polar surface area (TPSA) is 52.0 Å². The summed E-state index contributed by atoms with van der Waals surface area (Å²) in [4.78, 5) is 28.9. The summed E-state index contributed by atoms with van der Waals surface area (Å²) >= 11 is 1.60. The largest absolute Gasteiger partial charge is 0.274 e. The molecule has 0 radical (unpaired) electrons. The first-order chi connectivity index (χ1) is 9.58. The number of benzene rings is 1. The van der Waals surface area contributed by atoms with Gasteiger partial charge in [-0.25, -0.2) is 9.55 Å². The second-order valence-corrected chi connectivity index (χ2v) is 6.30. The van der Waals surface area contributed by atoms with Crippen LogP contribution in [0.2, 0.25) is 0 Å². The van der Waals surface area contributed by atoms with Crippen LogP contribution in [0.15, 0.2) is 40.2 Å². The minimum Gasteiger partial charge on any atom is -0.274 e. The van der Waals surface area contributed by atoms with E-state index < -0.39 is 0 Å². The first-order valence-corrected chi connectivity index (χ1v) is 7.35. The molecule has 1 aromatic carbocycles. The number of hydrogen-bond acceptors (Lipinski definition) is 4. The molecule has 1 atom stereocenters. The van der Waals surface area contributed by atoms with Gasteiger partial charge in [-0.3, -0.25) is 9.59 Å². The van der Waals surface area contributed by atoms with Crippen molar-refractivity contribution in [1.29, 1.82) is 0 Å². The Hall–Kier alpha value is -1.88. The average molecular weight is 286 g/mol. The number of carbonyl (C=O) groups excluding carboxylic acids is 1. The van der Waals surface area contributed by atoms with E-state index in [1.807, 2.05) is 30.3 Å². The minimum absolute atomic E-state index is 0.224. The predicted octanol–water partition coefficient (Wildman–Crippen LogP) is 2.61. The second kappa shape index (κ2) is 4.90. The summed E-state index contributed by atoms with van der Waals surface area (Å²) in [6.07, 6.45) is 0.675. The molecule has 1 aliphatic rings. The number of thioether (sulfide) groups is 1. The molecule has 2 aromatic rings. The maximum atomic E-state index is 12.5. The van der Waals surface area contributed by atoms with Crippen molar-refractivity contribution in [3.63, 3.8) is 0 Å². The Labute approximate surface area is 120 Å². The standard InChI is InChI=1S/C15H14N2O2S/c1-9-8-12-14(20-9)16-13(11-6-4-3-5-7-11)17(10(2)18)15(12)19/h3-7,9H,8H2,1-2H3/t9-/m0/s1. The molecule has 3 rings (SSSR count). The van der Waals surface area contributed by atoms with Crippen LogP contribution in [-0.2, 0) is 6.42 Å². The van der Waals surface area contributed by atoms with Crippen LogP contribution in [0.4, 0.5) is 0 Å². The molecule has 0 saturated heterocycles. The van der Waals surface area contributed by atoms with Crippen LogP contribution >= 0.6 is 11.8 Å². The van der Waals surface area contributed by atoms with Gasteiger partial charge in [-0.05, 0) is 6.42 Å². The van der Waals surface area contributed by atoms with Gasteiger partial charge in [0.25, 0.3) is 5.56 Å². The smallest absolute Gasteiger partial charge is 0.264 e. The second-order valence-electron chi connectivity index (χ2n) is 4.88. The molecule has 102 valence electrons. The molecule has 1 aromatic heterocycles. The highest BCUT2D eigenvalue weighted by Crippen LogP contribution is 2.34. The normalized spacial score (nSPS) is 17.0. The Morgan fingerprint density at radius 3 is 2.70 bits per heavy atom. The van der Waals surface area contributed by atoms with E-state index in [1.165, 1.54) is 11.5 Å². The third-order valence-electron chi connectivity index (χ3n) is 3.29. The fourth-order valence-corrected chi connectivity index (χ4v) is 3.48. The molecule has 0 N–H and O–H groups in total. The molecule has 0 amide bonds. The van der Waals surface area contributed by atoms with Crippen LogP contribution in [0.1, 0.15) is 24.2 Å². The van der Waals surface area contributed by atoms with Gasteiger partial charge in [0, 0.05) is 17.7 Å². The Morgan fingerprint density at radius 1 is 1.35 bits per heavy atom. The zero-order valence-corrected chi connectivity index (χ0v) is 12.1. The molecular weight excluding hydrogens is 272 g/mol. The van der Waals surface area contributed by atoms with Crippen LogP contribution in [0, 0.1) is 0 Å². The lowest BCUT2D eigenvalue weighted by molar-refractivity contribution is 0.0932. The number of aromatic nitrogens is 2. The van der Waals surface area contributed by atoms with Crippen molar-refractivity contribution in [2.75, 3.05) is 0 Å². The summed E-state index contributed by atoms with van der Waals surface area (Å²) < 4.78 is 1.19. The SMILES string of the molecule is CC(=O)n1c(-c2ccccc2)nc2c(c1=O)C[C@H](C)S2. The van der Waals surface area contributed by atoms with E-state index in [2.05, 4.69) is 11.9 Å². The van der Waals surface area contributed by atoms with E-state index in [-0.39, 0.29) is 11.5 Å². The van der Waals surface area contributed by atoms with Crippen molar-refractivity contribution in [2.24, 2.45) is 0 Å². The Morgan fingerprint density at radius 2 is 2.05 bits per heavy atom. The number of fused-ring (bicyclic) bond motifs is 1. The number of nitrogens with zero attached hydrogens (tertiary/aromatic N) is 2. The lowest BCUT2D eigenvalue weighted by Crippen LogP contribution is -2.30. The summed E-state index contributed by atoms with van der Waals surface area (Å²) in [6, 6.07) is 9.35. The number of rotatable bonds is 1. The van der Waals surface area contributed by atoms with E-state index in [1.54, 1.807) is 11.8 Å². The molecule has 0 unspecified atom stereocenters. The number of carbonyl (C=O) groups is 1. The summed E-state index contributed by atoms with van der Waals surface area (Å²) in [5.74, 6) is 0.136. The Kier molecular flexibility index (Phi) is 3.22.